The Bertz CT molecular complexity index is 280. The highest BCUT2D eigenvalue weighted by molar-refractivity contribution is 9.10. The molecule has 1 saturated carbocycles. The molecule has 0 saturated heterocycles. The predicted octanol–water partition coefficient (Wildman–Crippen LogP) is 2.98. The summed E-state index contributed by atoms with van der Waals surface area (Å²) >= 11 is 3.32. The monoisotopic (exact) mass is 255 g/mol. The third kappa shape index (κ3) is 2.67. The molecule has 0 bridgehead atoms. The van der Waals surface area contributed by atoms with E-state index in [4.69, 9.17) is 0 Å². The van der Waals surface area contributed by atoms with E-state index in [1.54, 1.807) is 12.4 Å². The lowest BCUT2D eigenvalue weighted by atomic mass is 9.96. The normalized spacial score (nSPS) is 18.1. The molecule has 76 valence electrons. The molecule has 1 aliphatic rings. The molecule has 0 aliphatic heterocycles. The molecule has 14 heavy (non-hydrogen) atoms. The SMILES string of the molecule is Brc1cnc(NC2CCCCC2)nc1. The minimum atomic E-state index is 0.574. The summed E-state index contributed by atoms with van der Waals surface area (Å²) in [6, 6.07) is 0.574. The summed E-state index contributed by atoms with van der Waals surface area (Å²) in [5, 5.41) is 3.36. The number of hydrogen-bond acceptors (Lipinski definition) is 3. The fourth-order valence-corrected chi connectivity index (χ4v) is 2.02. The Morgan fingerprint density at radius 1 is 1.14 bits per heavy atom. The molecule has 0 amide bonds. The van der Waals surface area contributed by atoms with Crippen LogP contribution in [0.2, 0.25) is 0 Å². The Morgan fingerprint density at radius 2 is 1.79 bits per heavy atom. The zero-order valence-corrected chi connectivity index (χ0v) is 9.63. The number of hydrogen-bond donors (Lipinski definition) is 1. The van der Waals surface area contributed by atoms with Crippen LogP contribution in [-0.4, -0.2) is 16.0 Å². The van der Waals surface area contributed by atoms with Gasteiger partial charge in [-0.25, -0.2) is 9.97 Å². The van der Waals surface area contributed by atoms with Crippen LogP contribution in [0.4, 0.5) is 5.95 Å². The van der Waals surface area contributed by atoms with Gasteiger partial charge >= 0.3 is 0 Å². The molecule has 1 aromatic heterocycles. The highest BCUT2D eigenvalue weighted by atomic mass is 79.9. The molecule has 0 spiro atoms. The molecule has 4 heteroatoms. The van der Waals surface area contributed by atoms with Gasteiger partial charge in [0, 0.05) is 18.4 Å². The molecule has 1 aromatic rings. The van der Waals surface area contributed by atoms with Crippen molar-refractivity contribution in [2.24, 2.45) is 0 Å². The maximum absolute atomic E-state index is 4.20. The van der Waals surface area contributed by atoms with Gasteiger partial charge in [-0.3, -0.25) is 0 Å². The number of aromatic nitrogens is 2. The Hall–Kier alpha value is -0.640. The molecule has 1 N–H and O–H groups in total. The van der Waals surface area contributed by atoms with E-state index in [1.165, 1.54) is 32.1 Å². The summed E-state index contributed by atoms with van der Waals surface area (Å²) in [5.74, 6) is 0.750. The van der Waals surface area contributed by atoms with Crippen molar-refractivity contribution >= 4 is 21.9 Å². The van der Waals surface area contributed by atoms with Crippen molar-refractivity contribution in [3.05, 3.63) is 16.9 Å². The average molecular weight is 256 g/mol. The summed E-state index contributed by atoms with van der Waals surface area (Å²) in [6.07, 6.45) is 10.1. The zero-order chi connectivity index (χ0) is 9.80. The van der Waals surface area contributed by atoms with Crippen molar-refractivity contribution in [1.82, 2.24) is 9.97 Å². The maximum Gasteiger partial charge on any atom is 0.222 e. The number of nitrogens with one attached hydrogen (secondary N) is 1. The van der Waals surface area contributed by atoms with Gasteiger partial charge in [0.05, 0.1) is 4.47 Å². The number of nitrogens with zero attached hydrogens (tertiary/aromatic N) is 2. The summed E-state index contributed by atoms with van der Waals surface area (Å²) in [5.41, 5.74) is 0. The van der Waals surface area contributed by atoms with Gasteiger partial charge in [-0.2, -0.15) is 0 Å². The minimum absolute atomic E-state index is 0.574. The molecule has 0 unspecified atom stereocenters. The molecule has 0 aromatic carbocycles. The summed E-state index contributed by atoms with van der Waals surface area (Å²) in [4.78, 5) is 8.41. The van der Waals surface area contributed by atoms with Crippen molar-refractivity contribution in [2.75, 3.05) is 5.32 Å². The number of rotatable bonds is 2. The lowest BCUT2D eigenvalue weighted by molar-refractivity contribution is 0.461. The first-order valence-electron chi connectivity index (χ1n) is 5.09. The van der Waals surface area contributed by atoms with Crippen molar-refractivity contribution in [3.63, 3.8) is 0 Å². The molecule has 1 aliphatic carbocycles. The van der Waals surface area contributed by atoms with Crippen LogP contribution in [0.3, 0.4) is 0 Å². The Morgan fingerprint density at radius 3 is 2.43 bits per heavy atom. The molecule has 0 atom stereocenters. The van der Waals surface area contributed by atoms with Gasteiger partial charge in [-0.1, -0.05) is 19.3 Å². The van der Waals surface area contributed by atoms with Crippen LogP contribution >= 0.6 is 15.9 Å². The topological polar surface area (TPSA) is 37.8 Å². The van der Waals surface area contributed by atoms with Crippen LogP contribution in [0, 0.1) is 0 Å². The second kappa shape index (κ2) is 4.73. The van der Waals surface area contributed by atoms with Gasteiger partial charge in [0.1, 0.15) is 0 Å². The van der Waals surface area contributed by atoms with Gasteiger partial charge in [0.15, 0.2) is 0 Å². The molecular formula is C10H14BrN3. The molecular weight excluding hydrogens is 242 g/mol. The minimum Gasteiger partial charge on any atom is -0.351 e. The highest BCUT2D eigenvalue weighted by Gasteiger charge is 2.13. The molecule has 0 radical (unpaired) electrons. The number of anilines is 1. The van der Waals surface area contributed by atoms with Crippen LogP contribution in [0.15, 0.2) is 16.9 Å². The summed E-state index contributed by atoms with van der Waals surface area (Å²) in [6.45, 7) is 0. The molecule has 2 rings (SSSR count). The average Bonchev–Trinajstić information content (AvgIpc) is 2.23. The maximum atomic E-state index is 4.20. The Balaban J connectivity index is 1.92. The van der Waals surface area contributed by atoms with Crippen molar-refractivity contribution < 1.29 is 0 Å². The van der Waals surface area contributed by atoms with E-state index in [-0.39, 0.29) is 0 Å². The molecule has 1 fully saturated rings. The van der Waals surface area contributed by atoms with E-state index in [0.29, 0.717) is 6.04 Å². The van der Waals surface area contributed by atoms with Crippen LogP contribution in [0.1, 0.15) is 32.1 Å². The van der Waals surface area contributed by atoms with Gasteiger partial charge < -0.3 is 5.32 Å². The lowest BCUT2D eigenvalue weighted by Crippen LogP contribution is -2.23. The fourth-order valence-electron chi connectivity index (χ4n) is 1.82. The van der Waals surface area contributed by atoms with E-state index in [2.05, 4.69) is 31.2 Å². The second-order valence-electron chi connectivity index (χ2n) is 3.70. The van der Waals surface area contributed by atoms with Gasteiger partial charge in [0.25, 0.3) is 0 Å². The zero-order valence-electron chi connectivity index (χ0n) is 8.04. The fraction of sp³-hybridized carbons (Fsp3) is 0.600. The Labute approximate surface area is 92.5 Å². The third-order valence-corrected chi connectivity index (χ3v) is 2.97. The smallest absolute Gasteiger partial charge is 0.222 e. The van der Waals surface area contributed by atoms with Gasteiger partial charge in [0.2, 0.25) is 5.95 Å². The molecule has 1 heterocycles. The largest absolute Gasteiger partial charge is 0.351 e. The standard InChI is InChI=1S/C10H14BrN3/c11-8-6-12-10(13-7-8)14-9-4-2-1-3-5-9/h6-7,9H,1-5H2,(H,12,13,14). The lowest BCUT2D eigenvalue weighted by Gasteiger charge is -2.22. The first-order valence-corrected chi connectivity index (χ1v) is 5.88. The Kier molecular flexibility index (Phi) is 3.35. The first-order chi connectivity index (χ1) is 6.84. The van der Waals surface area contributed by atoms with E-state index >= 15 is 0 Å². The van der Waals surface area contributed by atoms with Gasteiger partial charge in [-0.15, -0.1) is 0 Å². The summed E-state index contributed by atoms with van der Waals surface area (Å²) < 4.78 is 0.923. The van der Waals surface area contributed by atoms with E-state index in [9.17, 15) is 0 Å². The molecule has 3 nitrogen and oxygen atoms in total. The number of halogens is 1. The van der Waals surface area contributed by atoms with E-state index < -0.39 is 0 Å². The van der Waals surface area contributed by atoms with E-state index in [0.717, 1.165) is 10.4 Å². The third-order valence-electron chi connectivity index (χ3n) is 2.56. The summed E-state index contributed by atoms with van der Waals surface area (Å²) in [7, 11) is 0. The van der Waals surface area contributed by atoms with Crippen molar-refractivity contribution in [3.8, 4) is 0 Å². The van der Waals surface area contributed by atoms with Crippen LogP contribution in [0.5, 0.6) is 0 Å². The predicted molar refractivity (Wildman–Crippen MR) is 60.2 cm³/mol. The highest BCUT2D eigenvalue weighted by Crippen LogP contribution is 2.20. The van der Waals surface area contributed by atoms with Crippen LogP contribution < -0.4 is 5.32 Å². The van der Waals surface area contributed by atoms with E-state index in [1.807, 2.05) is 0 Å². The quantitative estimate of drug-likeness (QED) is 0.883. The van der Waals surface area contributed by atoms with Crippen molar-refractivity contribution in [2.45, 2.75) is 38.1 Å². The van der Waals surface area contributed by atoms with Crippen LogP contribution in [-0.2, 0) is 0 Å². The van der Waals surface area contributed by atoms with Gasteiger partial charge in [-0.05, 0) is 28.8 Å². The van der Waals surface area contributed by atoms with Crippen molar-refractivity contribution in [1.29, 1.82) is 0 Å². The van der Waals surface area contributed by atoms with Crippen LogP contribution in [0.25, 0.3) is 0 Å². The first kappa shape index (κ1) is 9.90. The second-order valence-corrected chi connectivity index (χ2v) is 4.62.